The van der Waals surface area contributed by atoms with E-state index in [1.54, 1.807) is 6.20 Å². The van der Waals surface area contributed by atoms with Crippen LogP contribution in [0.25, 0.3) is 0 Å². The van der Waals surface area contributed by atoms with Crippen LogP contribution in [0.5, 0.6) is 0 Å². The Labute approximate surface area is 132 Å². The van der Waals surface area contributed by atoms with Crippen LogP contribution in [0.3, 0.4) is 0 Å². The third-order valence-corrected chi connectivity index (χ3v) is 3.62. The molecule has 22 heavy (non-hydrogen) atoms. The van der Waals surface area contributed by atoms with Crippen LogP contribution in [-0.4, -0.2) is 41.3 Å². The van der Waals surface area contributed by atoms with Crippen LogP contribution in [0.4, 0.5) is 10.7 Å². The number of likely N-dealkylation sites (N-methyl/N-ethyl adjacent to an activating group) is 1. The van der Waals surface area contributed by atoms with Gasteiger partial charge in [-0.2, -0.15) is 0 Å². The van der Waals surface area contributed by atoms with Gasteiger partial charge in [0.05, 0.1) is 6.04 Å². The summed E-state index contributed by atoms with van der Waals surface area (Å²) in [5, 5.41) is 2.87. The molecule has 1 aromatic rings. The summed E-state index contributed by atoms with van der Waals surface area (Å²) < 4.78 is 5.29. The van der Waals surface area contributed by atoms with Crippen molar-refractivity contribution in [2.45, 2.75) is 52.2 Å². The molecule has 2 rings (SSSR count). The molecule has 1 atom stereocenters. The van der Waals surface area contributed by atoms with Gasteiger partial charge in [-0.25, -0.2) is 14.8 Å². The number of amides is 1. The van der Waals surface area contributed by atoms with Crippen molar-refractivity contribution in [3.05, 3.63) is 18.0 Å². The summed E-state index contributed by atoms with van der Waals surface area (Å²) in [5.74, 6) is 1.27. The summed E-state index contributed by atoms with van der Waals surface area (Å²) in [5.41, 5.74) is 0.455. The normalized spacial score (nSPS) is 16.0. The molecule has 6 nitrogen and oxygen atoms in total. The maximum atomic E-state index is 11.8. The Hall–Kier alpha value is -1.85. The minimum absolute atomic E-state index is 0.189. The summed E-state index contributed by atoms with van der Waals surface area (Å²) in [6.07, 6.45) is 3.74. The van der Waals surface area contributed by atoms with Gasteiger partial charge in [0.1, 0.15) is 5.60 Å². The van der Waals surface area contributed by atoms with Crippen molar-refractivity contribution in [1.29, 1.82) is 0 Å². The van der Waals surface area contributed by atoms with Gasteiger partial charge in [-0.05, 0) is 52.5 Å². The molecule has 0 aromatic carbocycles. The van der Waals surface area contributed by atoms with Crippen LogP contribution in [0.2, 0.25) is 0 Å². The molecule has 0 spiro atoms. The molecule has 6 heteroatoms. The van der Waals surface area contributed by atoms with Crippen molar-refractivity contribution in [3.63, 3.8) is 0 Å². The quantitative estimate of drug-likeness (QED) is 0.905. The first-order valence-electron chi connectivity index (χ1n) is 7.75. The molecular formula is C16H26N4O2. The standard InChI is InChI=1S/C16H26N4O2/c1-11-8-9-17-14(19-11)20(5)13(12-6-7-12)10-18-15(21)22-16(2,3)4/h8-9,12-13H,6-7,10H2,1-5H3,(H,18,21). The highest BCUT2D eigenvalue weighted by Gasteiger charge is 2.35. The van der Waals surface area contributed by atoms with E-state index in [4.69, 9.17) is 4.74 Å². The Balaban J connectivity index is 1.97. The topological polar surface area (TPSA) is 67.4 Å². The van der Waals surface area contributed by atoms with Crippen LogP contribution in [-0.2, 0) is 4.74 Å². The Kier molecular flexibility index (Phi) is 4.88. The molecule has 0 bridgehead atoms. The Morgan fingerprint density at radius 3 is 2.73 bits per heavy atom. The van der Waals surface area contributed by atoms with E-state index in [2.05, 4.69) is 20.2 Å². The van der Waals surface area contributed by atoms with E-state index in [0.717, 1.165) is 5.69 Å². The van der Waals surface area contributed by atoms with E-state index >= 15 is 0 Å². The Morgan fingerprint density at radius 1 is 1.50 bits per heavy atom. The van der Waals surface area contributed by atoms with Crippen molar-refractivity contribution < 1.29 is 9.53 Å². The molecule has 0 aliphatic heterocycles. The minimum Gasteiger partial charge on any atom is -0.444 e. The second-order valence-electron chi connectivity index (χ2n) is 6.90. The molecule has 122 valence electrons. The molecule has 1 aromatic heterocycles. The molecular weight excluding hydrogens is 280 g/mol. The fourth-order valence-corrected chi connectivity index (χ4v) is 2.36. The van der Waals surface area contributed by atoms with Gasteiger partial charge in [0.2, 0.25) is 5.95 Å². The monoisotopic (exact) mass is 306 g/mol. The lowest BCUT2D eigenvalue weighted by molar-refractivity contribution is 0.0523. The second-order valence-corrected chi connectivity index (χ2v) is 6.90. The number of aryl methyl sites for hydroxylation is 1. The number of carbonyl (C=O) groups excluding carboxylic acids is 1. The number of nitrogens with one attached hydrogen (secondary N) is 1. The molecule has 1 saturated carbocycles. The Morgan fingerprint density at radius 2 is 2.18 bits per heavy atom. The molecule has 1 amide bonds. The zero-order valence-electron chi connectivity index (χ0n) is 14.1. The molecule has 1 N–H and O–H groups in total. The first-order valence-corrected chi connectivity index (χ1v) is 7.75. The first kappa shape index (κ1) is 16.5. The largest absolute Gasteiger partial charge is 0.444 e. The van der Waals surface area contributed by atoms with Crippen LogP contribution >= 0.6 is 0 Å². The summed E-state index contributed by atoms with van der Waals surface area (Å²) in [6, 6.07) is 2.07. The van der Waals surface area contributed by atoms with E-state index in [1.807, 2.05) is 40.8 Å². The number of aromatic nitrogens is 2. The third kappa shape index (κ3) is 4.86. The highest BCUT2D eigenvalue weighted by molar-refractivity contribution is 5.67. The molecule has 1 unspecified atom stereocenters. The van der Waals surface area contributed by atoms with Crippen molar-refractivity contribution in [3.8, 4) is 0 Å². The zero-order chi connectivity index (χ0) is 16.3. The van der Waals surface area contributed by atoms with Crippen LogP contribution in [0.15, 0.2) is 12.3 Å². The average molecular weight is 306 g/mol. The number of ether oxygens (including phenoxy) is 1. The number of hydrogen-bond acceptors (Lipinski definition) is 5. The number of nitrogens with zero attached hydrogens (tertiary/aromatic N) is 3. The molecule has 0 radical (unpaired) electrons. The molecule has 0 saturated heterocycles. The summed E-state index contributed by atoms with van der Waals surface area (Å²) >= 11 is 0. The minimum atomic E-state index is -0.481. The summed E-state index contributed by atoms with van der Waals surface area (Å²) in [4.78, 5) is 22.7. The van der Waals surface area contributed by atoms with Crippen molar-refractivity contribution in [2.75, 3.05) is 18.5 Å². The van der Waals surface area contributed by atoms with E-state index in [-0.39, 0.29) is 12.1 Å². The highest BCUT2D eigenvalue weighted by Crippen LogP contribution is 2.35. The van der Waals surface area contributed by atoms with E-state index in [0.29, 0.717) is 18.4 Å². The van der Waals surface area contributed by atoms with E-state index in [9.17, 15) is 4.79 Å². The lowest BCUT2D eigenvalue weighted by Crippen LogP contribution is -2.45. The lowest BCUT2D eigenvalue weighted by atomic mass is 10.1. The van der Waals surface area contributed by atoms with Crippen LogP contribution < -0.4 is 10.2 Å². The molecule has 1 aliphatic rings. The molecule has 1 aliphatic carbocycles. The molecule has 1 fully saturated rings. The van der Waals surface area contributed by atoms with Gasteiger partial charge in [-0.3, -0.25) is 0 Å². The first-order chi connectivity index (χ1) is 10.3. The van der Waals surface area contributed by atoms with E-state index < -0.39 is 5.60 Å². The summed E-state index contributed by atoms with van der Waals surface area (Å²) in [6.45, 7) is 8.06. The van der Waals surface area contributed by atoms with Gasteiger partial charge in [0, 0.05) is 25.5 Å². The predicted octanol–water partition coefficient (Wildman–Crippen LogP) is 2.52. The van der Waals surface area contributed by atoms with Gasteiger partial charge in [0.25, 0.3) is 0 Å². The summed E-state index contributed by atoms with van der Waals surface area (Å²) in [7, 11) is 1.98. The van der Waals surface area contributed by atoms with Crippen molar-refractivity contribution in [2.24, 2.45) is 5.92 Å². The maximum Gasteiger partial charge on any atom is 0.407 e. The van der Waals surface area contributed by atoms with Crippen molar-refractivity contribution >= 4 is 12.0 Å². The fourth-order valence-electron chi connectivity index (χ4n) is 2.36. The fraction of sp³-hybridized carbons (Fsp3) is 0.688. The number of anilines is 1. The smallest absolute Gasteiger partial charge is 0.407 e. The third-order valence-electron chi connectivity index (χ3n) is 3.62. The number of carbonyl (C=O) groups is 1. The highest BCUT2D eigenvalue weighted by atomic mass is 16.6. The van der Waals surface area contributed by atoms with Gasteiger partial charge < -0.3 is 15.0 Å². The number of alkyl carbamates (subject to hydrolysis) is 1. The van der Waals surface area contributed by atoms with Gasteiger partial charge in [0.15, 0.2) is 0 Å². The average Bonchev–Trinajstić information content (AvgIpc) is 3.21. The van der Waals surface area contributed by atoms with Gasteiger partial charge >= 0.3 is 6.09 Å². The van der Waals surface area contributed by atoms with Crippen LogP contribution in [0.1, 0.15) is 39.3 Å². The maximum absolute atomic E-state index is 11.8. The lowest BCUT2D eigenvalue weighted by Gasteiger charge is -2.29. The van der Waals surface area contributed by atoms with E-state index in [1.165, 1.54) is 12.8 Å². The predicted molar refractivity (Wildman–Crippen MR) is 85.9 cm³/mol. The van der Waals surface area contributed by atoms with Crippen molar-refractivity contribution in [1.82, 2.24) is 15.3 Å². The van der Waals surface area contributed by atoms with Gasteiger partial charge in [-0.1, -0.05) is 0 Å². The van der Waals surface area contributed by atoms with Crippen LogP contribution in [0, 0.1) is 12.8 Å². The number of rotatable bonds is 5. The zero-order valence-corrected chi connectivity index (χ0v) is 14.1. The second kappa shape index (κ2) is 6.50. The number of hydrogen-bond donors (Lipinski definition) is 1. The SMILES string of the molecule is Cc1ccnc(N(C)C(CNC(=O)OC(C)(C)C)C2CC2)n1. The Bertz CT molecular complexity index is 523. The van der Waals surface area contributed by atoms with Gasteiger partial charge in [-0.15, -0.1) is 0 Å². The molecule has 1 heterocycles.